The highest BCUT2D eigenvalue weighted by Gasteiger charge is 2.51. The van der Waals surface area contributed by atoms with Gasteiger partial charge in [-0.3, -0.25) is 0 Å². The molecule has 0 bridgehead atoms. The highest BCUT2D eigenvalue weighted by molar-refractivity contribution is 9.10. The minimum Gasteiger partial charge on any atom is -0.382 e. The molecule has 1 aliphatic heterocycles. The van der Waals surface area contributed by atoms with Gasteiger partial charge in [0, 0.05) is 17.5 Å². The molecule has 0 saturated carbocycles. The molecule has 1 saturated heterocycles. The van der Waals surface area contributed by atoms with Crippen LogP contribution in [0.25, 0.3) is 6.08 Å². The molecule has 0 radical (unpaired) electrons. The summed E-state index contributed by atoms with van der Waals surface area (Å²) in [5.41, 5.74) is 1.23. The molecule has 0 N–H and O–H groups in total. The van der Waals surface area contributed by atoms with Crippen molar-refractivity contribution in [3.63, 3.8) is 0 Å². The molecule has 28 heavy (non-hydrogen) atoms. The second-order valence-electron chi connectivity index (χ2n) is 7.80. The van der Waals surface area contributed by atoms with Crippen LogP contribution in [0.2, 0.25) is 18.6 Å². The molecular formula is C23H27BrO3Si. The predicted octanol–water partition coefficient (Wildman–Crippen LogP) is 4.68. The van der Waals surface area contributed by atoms with E-state index < -0.39 is 8.07 Å². The number of benzene rings is 2. The number of carbonyl (C=O) groups excluding carboxylic acids is 1. The molecule has 3 rings (SSSR count). The average molecular weight is 459 g/mol. The number of hydrogen-bond donors (Lipinski definition) is 0. The number of methoxy groups -OCH3 is 1. The maximum atomic E-state index is 12.2. The monoisotopic (exact) mass is 458 g/mol. The van der Waals surface area contributed by atoms with Crippen molar-refractivity contribution in [1.82, 2.24) is 0 Å². The predicted molar refractivity (Wildman–Crippen MR) is 121 cm³/mol. The van der Waals surface area contributed by atoms with E-state index in [4.69, 9.17) is 9.47 Å². The van der Waals surface area contributed by atoms with Crippen LogP contribution in [0.5, 0.6) is 0 Å². The Hall–Kier alpha value is -1.53. The Balaban J connectivity index is 1.93. The third-order valence-electron chi connectivity index (χ3n) is 5.74. The Kier molecular flexibility index (Phi) is 7.04. The summed E-state index contributed by atoms with van der Waals surface area (Å²) in [7, 11) is -0.279. The summed E-state index contributed by atoms with van der Waals surface area (Å²) < 4.78 is 12.8. The van der Waals surface area contributed by atoms with Crippen molar-refractivity contribution in [2.75, 3.05) is 13.7 Å². The van der Waals surface area contributed by atoms with Crippen molar-refractivity contribution in [3.05, 3.63) is 70.7 Å². The van der Waals surface area contributed by atoms with E-state index in [1.54, 1.807) is 7.11 Å². The van der Waals surface area contributed by atoms with E-state index in [1.165, 1.54) is 5.19 Å². The third-order valence-corrected chi connectivity index (χ3v) is 10.7. The normalized spacial score (nSPS) is 25.3. The fourth-order valence-electron chi connectivity index (χ4n) is 4.29. The van der Waals surface area contributed by atoms with E-state index in [0.717, 1.165) is 16.3 Å². The smallest absolute Gasteiger partial charge is 0.126 e. The van der Waals surface area contributed by atoms with Crippen molar-refractivity contribution in [1.29, 1.82) is 0 Å². The van der Waals surface area contributed by atoms with Crippen LogP contribution in [0.3, 0.4) is 0 Å². The zero-order chi connectivity index (χ0) is 20.1. The Bertz CT molecular complexity index is 822. The zero-order valence-electron chi connectivity index (χ0n) is 16.5. The Labute approximate surface area is 176 Å². The van der Waals surface area contributed by atoms with Crippen LogP contribution in [0.1, 0.15) is 5.56 Å². The Morgan fingerprint density at radius 3 is 2.43 bits per heavy atom. The highest BCUT2D eigenvalue weighted by atomic mass is 79.9. The zero-order valence-corrected chi connectivity index (χ0v) is 19.1. The molecule has 2 aromatic carbocycles. The molecule has 0 amide bonds. The van der Waals surface area contributed by atoms with Crippen molar-refractivity contribution in [2.24, 2.45) is 5.92 Å². The first-order valence-electron chi connectivity index (χ1n) is 9.57. The van der Waals surface area contributed by atoms with Gasteiger partial charge in [0.1, 0.15) is 6.29 Å². The molecule has 148 valence electrons. The molecule has 4 atom stereocenters. The summed E-state index contributed by atoms with van der Waals surface area (Å²) in [6.07, 6.45) is 4.82. The minimum atomic E-state index is -1.97. The number of hydrogen-bond acceptors (Lipinski definition) is 3. The van der Waals surface area contributed by atoms with Crippen LogP contribution >= 0.6 is 15.9 Å². The summed E-state index contributed by atoms with van der Waals surface area (Å²) in [5, 5.41) is 1.34. The van der Waals surface area contributed by atoms with Crippen molar-refractivity contribution in [2.45, 2.75) is 30.8 Å². The second kappa shape index (κ2) is 9.31. The molecule has 0 spiro atoms. The maximum Gasteiger partial charge on any atom is 0.126 e. The van der Waals surface area contributed by atoms with E-state index in [2.05, 4.69) is 53.3 Å². The second-order valence-corrected chi connectivity index (χ2v) is 13.3. The van der Waals surface area contributed by atoms with Gasteiger partial charge in [-0.15, -0.1) is 0 Å². The van der Waals surface area contributed by atoms with Gasteiger partial charge in [-0.2, -0.15) is 0 Å². The number of carbonyl (C=O) groups is 1. The Morgan fingerprint density at radius 2 is 1.79 bits per heavy atom. The summed E-state index contributed by atoms with van der Waals surface area (Å²) >= 11 is 3.57. The molecule has 3 nitrogen and oxygen atoms in total. The first kappa shape index (κ1) is 21.2. The topological polar surface area (TPSA) is 35.5 Å². The number of rotatable bonds is 7. The minimum absolute atomic E-state index is 0.0871. The van der Waals surface area contributed by atoms with Gasteiger partial charge in [-0.05, 0) is 17.2 Å². The summed E-state index contributed by atoms with van der Waals surface area (Å²) in [6, 6.07) is 18.6. The van der Waals surface area contributed by atoms with Crippen LogP contribution in [-0.4, -0.2) is 40.3 Å². The van der Waals surface area contributed by atoms with Gasteiger partial charge >= 0.3 is 0 Å². The molecule has 1 fully saturated rings. The van der Waals surface area contributed by atoms with Gasteiger partial charge in [0.05, 0.1) is 26.9 Å². The summed E-state index contributed by atoms with van der Waals surface area (Å²) in [6.45, 7) is 5.16. The molecule has 1 aliphatic rings. The van der Waals surface area contributed by atoms with Crippen molar-refractivity contribution < 1.29 is 14.3 Å². The summed E-state index contributed by atoms with van der Waals surface area (Å²) in [5.74, 6) is -0.180. The highest BCUT2D eigenvalue weighted by Crippen LogP contribution is 2.44. The van der Waals surface area contributed by atoms with E-state index in [0.29, 0.717) is 6.61 Å². The van der Waals surface area contributed by atoms with E-state index in [1.807, 2.05) is 42.5 Å². The largest absolute Gasteiger partial charge is 0.382 e. The molecule has 2 aromatic rings. The van der Waals surface area contributed by atoms with Gasteiger partial charge in [0.2, 0.25) is 0 Å². The van der Waals surface area contributed by atoms with Crippen LogP contribution in [0.15, 0.2) is 65.1 Å². The lowest BCUT2D eigenvalue weighted by Gasteiger charge is -2.35. The van der Waals surface area contributed by atoms with Crippen LogP contribution in [-0.2, 0) is 14.3 Å². The van der Waals surface area contributed by atoms with Gasteiger partial charge in [0.25, 0.3) is 0 Å². The lowest BCUT2D eigenvalue weighted by molar-refractivity contribution is -0.111. The molecule has 0 aromatic heterocycles. The average Bonchev–Trinajstić information content (AvgIpc) is 3.06. The van der Waals surface area contributed by atoms with E-state index in [9.17, 15) is 4.79 Å². The maximum absolute atomic E-state index is 12.2. The molecular weight excluding hydrogens is 432 g/mol. The Morgan fingerprint density at radius 1 is 1.11 bits per heavy atom. The third kappa shape index (κ3) is 4.38. The number of aldehydes is 1. The standard InChI is InChI=1S/C23H27BrO3Si/c1-26-16-22-23(28(2,3)18-10-5-4-6-11-18)19(15-25)21(27-22)14-13-17-9-7-8-12-20(17)24/h4-15,19,21-23H,16H2,1-3H3/b14-13+/t19-,21+,22-,23+/m0/s1. The van der Waals surface area contributed by atoms with Crippen molar-refractivity contribution in [3.8, 4) is 0 Å². The lowest BCUT2D eigenvalue weighted by Crippen LogP contribution is -2.51. The van der Waals surface area contributed by atoms with E-state index >= 15 is 0 Å². The molecule has 5 heteroatoms. The van der Waals surface area contributed by atoms with Gasteiger partial charge in [-0.25, -0.2) is 0 Å². The van der Waals surface area contributed by atoms with Crippen LogP contribution < -0.4 is 5.19 Å². The number of ether oxygens (including phenoxy) is 2. The first-order valence-corrected chi connectivity index (χ1v) is 13.4. The number of halogens is 1. The summed E-state index contributed by atoms with van der Waals surface area (Å²) in [4.78, 5) is 12.2. The van der Waals surface area contributed by atoms with Crippen LogP contribution in [0.4, 0.5) is 0 Å². The fourth-order valence-corrected chi connectivity index (χ4v) is 8.48. The fraction of sp³-hybridized carbons (Fsp3) is 0.348. The molecule has 0 unspecified atom stereocenters. The van der Waals surface area contributed by atoms with Crippen LogP contribution in [0, 0.1) is 5.92 Å². The van der Waals surface area contributed by atoms with E-state index in [-0.39, 0.29) is 23.7 Å². The van der Waals surface area contributed by atoms with Gasteiger partial charge in [-0.1, -0.05) is 94.9 Å². The quantitative estimate of drug-likeness (QED) is 0.446. The SMILES string of the molecule is COC[C@@H]1O[C@H](/C=C/c2ccccc2Br)[C@H](C=O)[C@H]1[Si](C)(C)c1ccccc1. The first-order chi connectivity index (χ1) is 13.5. The molecule has 0 aliphatic carbocycles. The lowest BCUT2D eigenvalue weighted by atomic mass is 9.99. The molecule has 1 heterocycles. The van der Waals surface area contributed by atoms with Gasteiger partial charge in [0.15, 0.2) is 0 Å². The van der Waals surface area contributed by atoms with Crippen molar-refractivity contribution >= 4 is 41.6 Å². The van der Waals surface area contributed by atoms with Gasteiger partial charge < -0.3 is 14.3 Å².